The zero-order valence-electron chi connectivity index (χ0n) is 12.3. The van der Waals surface area contributed by atoms with Crippen LogP contribution in [0.2, 0.25) is 0 Å². The van der Waals surface area contributed by atoms with Gasteiger partial charge in [0.15, 0.2) is 0 Å². The maximum absolute atomic E-state index is 5.93. The highest BCUT2D eigenvalue weighted by Crippen LogP contribution is 2.47. The molecule has 3 nitrogen and oxygen atoms in total. The number of hydrogen-bond donors (Lipinski definition) is 1. The SMILES string of the molecule is Cn1c(C(C)(C)C)nc2ccc(C3(CN)CC3)cc21. The summed E-state index contributed by atoms with van der Waals surface area (Å²) in [5.74, 6) is 1.14. The molecule has 3 rings (SSSR count). The van der Waals surface area contributed by atoms with Gasteiger partial charge in [0.25, 0.3) is 0 Å². The highest BCUT2D eigenvalue weighted by Gasteiger charge is 2.43. The standard InChI is InChI=1S/C16H23N3/c1-15(2,3)14-18-12-6-5-11(9-13(12)19(14)4)16(10-17)7-8-16/h5-6,9H,7-8,10,17H2,1-4H3. The minimum absolute atomic E-state index is 0.0685. The molecular weight excluding hydrogens is 234 g/mol. The Labute approximate surface area is 114 Å². The van der Waals surface area contributed by atoms with Gasteiger partial charge >= 0.3 is 0 Å². The van der Waals surface area contributed by atoms with Crippen LogP contribution in [0.3, 0.4) is 0 Å². The fraction of sp³-hybridized carbons (Fsp3) is 0.562. The van der Waals surface area contributed by atoms with Gasteiger partial charge in [-0.3, -0.25) is 0 Å². The summed E-state index contributed by atoms with van der Waals surface area (Å²) in [6, 6.07) is 6.65. The van der Waals surface area contributed by atoms with E-state index in [1.54, 1.807) is 0 Å². The molecule has 2 aromatic rings. The van der Waals surface area contributed by atoms with E-state index in [9.17, 15) is 0 Å². The van der Waals surface area contributed by atoms with Crippen molar-refractivity contribution in [2.75, 3.05) is 6.54 Å². The Morgan fingerprint density at radius 3 is 2.53 bits per heavy atom. The molecule has 102 valence electrons. The number of rotatable bonds is 2. The Morgan fingerprint density at radius 2 is 2.00 bits per heavy atom. The number of aryl methyl sites for hydroxylation is 1. The van der Waals surface area contributed by atoms with Gasteiger partial charge in [0.05, 0.1) is 11.0 Å². The summed E-state index contributed by atoms with van der Waals surface area (Å²) in [4.78, 5) is 4.78. The normalized spacial score (nSPS) is 17.9. The maximum atomic E-state index is 5.93. The fourth-order valence-corrected chi connectivity index (χ4v) is 2.95. The number of nitrogens with zero attached hydrogens (tertiary/aromatic N) is 2. The van der Waals surface area contributed by atoms with Crippen molar-refractivity contribution in [2.45, 2.75) is 44.4 Å². The van der Waals surface area contributed by atoms with Crippen molar-refractivity contribution in [3.8, 4) is 0 Å². The molecule has 0 bridgehead atoms. The summed E-state index contributed by atoms with van der Waals surface area (Å²) in [6.07, 6.45) is 2.44. The first-order valence-corrected chi connectivity index (χ1v) is 7.05. The Hall–Kier alpha value is -1.35. The molecule has 0 radical (unpaired) electrons. The molecule has 1 fully saturated rings. The van der Waals surface area contributed by atoms with Gasteiger partial charge < -0.3 is 10.3 Å². The maximum Gasteiger partial charge on any atom is 0.115 e. The molecule has 0 saturated heterocycles. The molecule has 1 heterocycles. The Balaban J connectivity index is 2.16. The largest absolute Gasteiger partial charge is 0.331 e. The number of fused-ring (bicyclic) bond motifs is 1. The van der Waals surface area contributed by atoms with Crippen LogP contribution in [-0.4, -0.2) is 16.1 Å². The third-order valence-corrected chi connectivity index (χ3v) is 4.41. The van der Waals surface area contributed by atoms with Crippen LogP contribution in [0, 0.1) is 0 Å². The van der Waals surface area contributed by atoms with Crippen molar-refractivity contribution in [2.24, 2.45) is 12.8 Å². The molecule has 1 aliphatic rings. The van der Waals surface area contributed by atoms with E-state index in [1.807, 2.05) is 0 Å². The number of imidazole rings is 1. The van der Waals surface area contributed by atoms with Crippen LogP contribution in [0.25, 0.3) is 11.0 Å². The molecule has 1 aromatic carbocycles. The summed E-state index contributed by atoms with van der Waals surface area (Å²) >= 11 is 0. The Kier molecular flexibility index (Phi) is 2.55. The predicted octanol–water partition coefficient (Wildman–Crippen LogP) is 2.86. The van der Waals surface area contributed by atoms with E-state index in [2.05, 4.69) is 50.6 Å². The second kappa shape index (κ2) is 3.83. The van der Waals surface area contributed by atoms with Gasteiger partial charge in [-0.1, -0.05) is 26.8 Å². The molecule has 0 amide bonds. The average Bonchev–Trinajstić information content (AvgIpc) is 3.08. The van der Waals surface area contributed by atoms with Crippen molar-refractivity contribution in [1.82, 2.24) is 9.55 Å². The Morgan fingerprint density at radius 1 is 1.32 bits per heavy atom. The number of nitrogens with two attached hydrogens (primary N) is 1. The molecule has 2 N–H and O–H groups in total. The highest BCUT2D eigenvalue weighted by atomic mass is 15.1. The number of benzene rings is 1. The first kappa shape index (κ1) is 12.7. The lowest BCUT2D eigenvalue weighted by atomic mass is 9.95. The van der Waals surface area contributed by atoms with Crippen LogP contribution in [0.1, 0.15) is 45.0 Å². The van der Waals surface area contributed by atoms with Gasteiger partial charge in [0.1, 0.15) is 5.82 Å². The van der Waals surface area contributed by atoms with Gasteiger partial charge in [0, 0.05) is 24.4 Å². The second-order valence-electron chi connectivity index (χ2n) is 6.93. The molecule has 0 spiro atoms. The van der Waals surface area contributed by atoms with Crippen molar-refractivity contribution in [3.05, 3.63) is 29.6 Å². The first-order chi connectivity index (χ1) is 8.87. The van der Waals surface area contributed by atoms with E-state index in [-0.39, 0.29) is 10.8 Å². The van der Waals surface area contributed by atoms with Crippen LogP contribution in [0.5, 0.6) is 0 Å². The van der Waals surface area contributed by atoms with E-state index in [0.717, 1.165) is 17.9 Å². The lowest BCUT2D eigenvalue weighted by Gasteiger charge is -2.17. The monoisotopic (exact) mass is 257 g/mol. The van der Waals surface area contributed by atoms with Gasteiger partial charge in [-0.2, -0.15) is 0 Å². The molecule has 0 unspecified atom stereocenters. The molecular formula is C16H23N3. The van der Waals surface area contributed by atoms with Crippen LogP contribution in [0.15, 0.2) is 18.2 Å². The molecule has 0 aliphatic heterocycles. The lowest BCUT2D eigenvalue weighted by Crippen LogP contribution is -2.19. The summed E-state index contributed by atoms with van der Waals surface area (Å²) in [6.45, 7) is 7.37. The summed E-state index contributed by atoms with van der Waals surface area (Å²) < 4.78 is 2.23. The van der Waals surface area contributed by atoms with Gasteiger partial charge in [-0.15, -0.1) is 0 Å². The van der Waals surface area contributed by atoms with Gasteiger partial charge in [-0.05, 0) is 30.5 Å². The van der Waals surface area contributed by atoms with Gasteiger partial charge in [0.2, 0.25) is 0 Å². The number of aromatic nitrogens is 2. The van der Waals surface area contributed by atoms with E-state index in [4.69, 9.17) is 10.7 Å². The van der Waals surface area contributed by atoms with Gasteiger partial charge in [-0.25, -0.2) is 4.98 Å². The molecule has 3 heteroatoms. The predicted molar refractivity (Wildman–Crippen MR) is 79.4 cm³/mol. The fourth-order valence-electron chi connectivity index (χ4n) is 2.95. The third kappa shape index (κ3) is 1.88. The lowest BCUT2D eigenvalue weighted by molar-refractivity contribution is 0.526. The van der Waals surface area contributed by atoms with Crippen LogP contribution < -0.4 is 5.73 Å². The average molecular weight is 257 g/mol. The second-order valence-corrected chi connectivity index (χ2v) is 6.93. The van der Waals surface area contributed by atoms with E-state index < -0.39 is 0 Å². The minimum Gasteiger partial charge on any atom is -0.331 e. The Bertz CT molecular complexity index is 627. The highest BCUT2D eigenvalue weighted by molar-refractivity contribution is 5.77. The van der Waals surface area contributed by atoms with Crippen LogP contribution in [-0.2, 0) is 17.9 Å². The molecule has 0 atom stereocenters. The molecule has 1 aliphatic carbocycles. The topological polar surface area (TPSA) is 43.8 Å². The smallest absolute Gasteiger partial charge is 0.115 e. The van der Waals surface area contributed by atoms with E-state index in [0.29, 0.717) is 0 Å². The quantitative estimate of drug-likeness (QED) is 0.899. The number of hydrogen-bond acceptors (Lipinski definition) is 2. The molecule has 1 aromatic heterocycles. The summed E-state index contributed by atoms with van der Waals surface area (Å²) in [5, 5.41) is 0. The zero-order valence-corrected chi connectivity index (χ0v) is 12.3. The van der Waals surface area contributed by atoms with E-state index in [1.165, 1.54) is 23.9 Å². The molecule has 19 heavy (non-hydrogen) atoms. The summed E-state index contributed by atoms with van der Waals surface area (Å²) in [5.41, 5.74) is 9.95. The zero-order chi connectivity index (χ0) is 13.8. The molecule has 1 saturated carbocycles. The summed E-state index contributed by atoms with van der Waals surface area (Å²) in [7, 11) is 2.11. The minimum atomic E-state index is 0.0685. The van der Waals surface area contributed by atoms with Crippen LogP contribution >= 0.6 is 0 Å². The van der Waals surface area contributed by atoms with Crippen molar-refractivity contribution < 1.29 is 0 Å². The first-order valence-electron chi connectivity index (χ1n) is 7.05. The van der Waals surface area contributed by atoms with Crippen LogP contribution in [0.4, 0.5) is 0 Å². The van der Waals surface area contributed by atoms with Crippen molar-refractivity contribution in [1.29, 1.82) is 0 Å². The third-order valence-electron chi connectivity index (χ3n) is 4.41. The van der Waals surface area contributed by atoms with Crippen molar-refractivity contribution >= 4 is 11.0 Å². The van der Waals surface area contributed by atoms with E-state index >= 15 is 0 Å². The van der Waals surface area contributed by atoms with Crippen molar-refractivity contribution in [3.63, 3.8) is 0 Å².